The molecule has 1 aliphatic rings. The minimum absolute atomic E-state index is 0.0740. The third-order valence-corrected chi connectivity index (χ3v) is 3.35. The van der Waals surface area contributed by atoms with Crippen LogP contribution in [0.1, 0.15) is 5.76 Å². The number of furan rings is 1. The molecule has 0 atom stereocenters. The van der Waals surface area contributed by atoms with Gasteiger partial charge in [0.15, 0.2) is 0 Å². The highest BCUT2D eigenvalue weighted by Gasteiger charge is 2.18. The van der Waals surface area contributed by atoms with E-state index in [1.54, 1.807) is 31.4 Å². The van der Waals surface area contributed by atoms with Gasteiger partial charge in [0, 0.05) is 11.6 Å². The first-order chi connectivity index (χ1) is 10.6. The summed E-state index contributed by atoms with van der Waals surface area (Å²) >= 11 is 6.10. The van der Waals surface area contributed by atoms with E-state index < -0.39 is 0 Å². The van der Waals surface area contributed by atoms with E-state index >= 15 is 0 Å². The van der Waals surface area contributed by atoms with E-state index in [1.807, 2.05) is 6.07 Å². The molecule has 3 N–H and O–H groups in total. The van der Waals surface area contributed by atoms with Crippen LogP contribution in [0.15, 0.2) is 45.4 Å². The Kier molecular flexibility index (Phi) is 3.60. The molecule has 0 aliphatic carbocycles. The van der Waals surface area contributed by atoms with E-state index in [-0.39, 0.29) is 17.6 Å². The molecule has 22 heavy (non-hydrogen) atoms. The predicted octanol–water partition coefficient (Wildman–Crippen LogP) is 2.39. The SMILES string of the molecule is COc1ccc(-c2ccc(C=C3N=C(N)NC3=O)o2)cc1Cl. The van der Waals surface area contributed by atoms with Crippen LogP contribution in [-0.4, -0.2) is 19.0 Å². The largest absolute Gasteiger partial charge is 0.495 e. The summed E-state index contributed by atoms with van der Waals surface area (Å²) in [4.78, 5) is 15.4. The molecule has 1 aromatic carbocycles. The molecule has 112 valence electrons. The molecule has 3 rings (SSSR count). The maximum atomic E-state index is 11.5. The van der Waals surface area contributed by atoms with Crippen LogP contribution in [-0.2, 0) is 4.79 Å². The average Bonchev–Trinajstić information content (AvgIpc) is 3.06. The number of carbonyl (C=O) groups excluding carboxylic acids is 1. The van der Waals surface area contributed by atoms with Crippen LogP contribution in [0.3, 0.4) is 0 Å². The molecule has 2 aromatic rings. The number of aliphatic imine (C=N–C) groups is 1. The summed E-state index contributed by atoms with van der Waals surface area (Å²) in [5.41, 5.74) is 6.43. The minimum atomic E-state index is -0.358. The lowest BCUT2D eigenvalue weighted by Crippen LogP contribution is -2.30. The lowest BCUT2D eigenvalue weighted by atomic mass is 10.2. The monoisotopic (exact) mass is 317 g/mol. The minimum Gasteiger partial charge on any atom is -0.495 e. The Labute approximate surface area is 131 Å². The summed E-state index contributed by atoms with van der Waals surface area (Å²) in [5, 5.41) is 2.88. The van der Waals surface area contributed by atoms with Crippen LogP contribution in [0.5, 0.6) is 5.75 Å². The van der Waals surface area contributed by atoms with Crippen molar-refractivity contribution in [1.82, 2.24) is 5.32 Å². The summed E-state index contributed by atoms with van der Waals surface area (Å²) in [5.74, 6) is 1.41. The Balaban J connectivity index is 1.90. The van der Waals surface area contributed by atoms with Crippen LogP contribution in [0.25, 0.3) is 17.4 Å². The molecule has 0 radical (unpaired) electrons. The lowest BCUT2D eigenvalue weighted by molar-refractivity contribution is -0.115. The van der Waals surface area contributed by atoms with Gasteiger partial charge in [0.05, 0.1) is 12.1 Å². The topological polar surface area (TPSA) is 89.9 Å². The van der Waals surface area contributed by atoms with Crippen LogP contribution in [0.4, 0.5) is 0 Å². The number of carbonyl (C=O) groups is 1. The number of halogens is 1. The number of benzene rings is 1. The molecule has 0 saturated carbocycles. The normalized spacial score (nSPS) is 15.8. The van der Waals surface area contributed by atoms with Gasteiger partial charge in [0.1, 0.15) is 23.0 Å². The van der Waals surface area contributed by atoms with Crippen molar-refractivity contribution in [3.8, 4) is 17.1 Å². The molecule has 0 spiro atoms. The Morgan fingerprint density at radius 2 is 2.18 bits per heavy atom. The molecule has 7 heteroatoms. The molecule has 0 saturated heterocycles. The fraction of sp³-hybridized carbons (Fsp3) is 0.0667. The standard InChI is InChI=1S/C15H12ClN3O3/c1-21-13-4-2-8(6-10(13)16)12-5-3-9(22-12)7-11-14(20)19-15(17)18-11/h2-7H,1H3,(H3,17,18,19,20). The Morgan fingerprint density at radius 1 is 1.36 bits per heavy atom. The Bertz CT molecular complexity index is 808. The highest BCUT2D eigenvalue weighted by Crippen LogP contribution is 2.31. The highest BCUT2D eigenvalue weighted by atomic mass is 35.5. The molecular weight excluding hydrogens is 306 g/mol. The number of ether oxygens (including phenoxy) is 1. The quantitative estimate of drug-likeness (QED) is 0.851. The summed E-state index contributed by atoms with van der Waals surface area (Å²) in [6.45, 7) is 0. The zero-order chi connectivity index (χ0) is 15.7. The number of guanidine groups is 1. The van der Waals surface area contributed by atoms with Crippen molar-refractivity contribution in [2.75, 3.05) is 7.11 Å². The van der Waals surface area contributed by atoms with E-state index in [1.165, 1.54) is 6.08 Å². The number of nitrogens with one attached hydrogen (secondary N) is 1. The molecule has 0 bridgehead atoms. The fourth-order valence-electron chi connectivity index (χ4n) is 2.03. The van der Waals surface area contributed by atoms with Crippen molar-refractivity contribution in [1.29, 1.82) is 0 Å². The summed E-state index contributed by atoms with van der Waals surface area (Å²) < 4.78 is 10.8. The average molecular weight is 318 g/mol. The molecule has 0 unspecified atom stereocenters. The first-order valence-corrected chi connectivity index (χ1v) is 6.75. The third kappa shape index (κ3) is 2.68. The molecule has 2 heterocycles. The number of nitrogens with zero attached hydrogens (tertiary/aromatic N) is 1. The maximum absolute atomic E-state index is 11.5. The van der Waals surface area contributed by atoms with Crippen molar-refractivity contribution in [2.24, 2.45) is 10.7 Å². The summed E-state index contributed by atoms with van der Waals surface area (Å²) in [6.07, 6.45) is 1.52. The second kappa shape index (κ2) is 5.57. The fourth-order valence-corrected chi connectivity index (χ4v) is 2.28. The van der Waals surface area contributed by atoms with Gasteiger partial charge in [0.25, 0.3) is 5.91 Å². The molecular formula is C15H12ClN3O3. The van der Waals surface area contributed by atoms with Crippen molar-refractivity contribution >= 4 is 29.5 Å². The van der Waals surface area contributed by atoms with E-state index in [2.05, 4.69) is 10.3 Å². The van der Waals surface area contributed by atoms with E-state index in [0.717, 1.165) is 5.56 Å². The molecule has 1 aliphatic heterocycles. The van der Waals surface area contributed by atoms with Gasteiger partial charge in [-0.2, -0.15) is 0 Å². The number of rotatable bonds is 3. The zero-order valence-electron chi connectivity index (χ0n) is 11.6. The van der Waals surface area contributed by atoms with E-state index in [0.29, 0.717) is 22.3 Å². The van der Waals surface area contributed by atoms with Gasteiger partial charge in [0.2, 0.25) is 5.96 Å². The van der Waals surface area contributed by atoms with Gasteiger partial charge in [-0.1, -0.05) is 11.6 Å². The zero-order valence-corrected chi connectivity index (χ0v) is 12.3. The Hall–Kier alpha value is -2.73. The lowest BCUT2D eigenvalue weighted by Gasteiger charge is -2.04. The van der Waals surface area contributed by atoms with Gasteiger partial charge >= 0.3 is 0 Å². The van der Waals surface area contributed by atoms with Crippen LogP contribution in [0.2, 0.25) is 5.02 Å². The number of hydrogen-bond donors (Lipinski definition) is 2. The smallest absolute Gasteiger partial charge is 0.276 e. The van der Waals surface area contributed by atoms with E-state index in [9.17, 15) is 4.79 Å². The predicted molar refractivity (Wildman–Crippen MR) is 83.4 cm³/mol. The van der Waals surface area contributed by atoms with Crippen LogP contribution >= 0.6 is 11.6 Å². The number of nitrogens with two attached hydrogens (primary N) is 1. The molecule has 1 aromatic heterocycles. The number of methoxy groups -OCH3 is 1. The maximum Gasteiger partial charge on any atom is 0.276 e. The van der Waals surface area contributed by atoms with Crippen molar-refractivity contribution in [3.63, 3.8) is 0 Å². The highest BCUT2D eigenvalue weighted by molar-refractivity contribution is 6.32. The summed E-state index contributed by atoms with van der Waals surface area (Å²) in [6, 6.07) is 8.85. The molecule has 6 nitrogen and oxygen atoms in total. The molecule has 0 fully saturated rings. The van der Waals surface area contributed by atoms with Gasteiger partial charge < -0.3 is 14.9 Å². The third-order valence-electron chi connectivity index (χ3n) is 3.06. The van der Waals surface area contributed by atoms with Crippen molar-refractivity contribution in [3.05, 3.63) is 46.8 Å². The first kappa shape index (κ1) is 14.2. The second-order valence-corrected chi connectivity index (χ2v) is 4.94. The molecule has 1 amide bonds. The number of amides is 1. The van der Waals surface area contributed by atoms with Gasteiger partial charge in [-0.3, -0.25) is 10.1 Å². The van der Waals surface area contributed by atoms with Gasteiger partial charge in [-0.05, 0) is 30.3 Å². The number of hydrogen-bond acceptors (Lipinski definition) is 5. The van der Waals surface area contributed by atoms with E-state index in [4.69, 9.17) is 26.5 Å². The van der Waals surface area contributed by atoms with Crippen molar-refractivity contribution in [2.45, 2.75) is 0 Å². The second-order valence-electron chi connectivity index (χ2n) is 4.53. The first-order valence-electron chi connectivity index (χ1n) is 6.38. The summed E-state index contributed by atoms with van der Waals surface area (Å²) in [7, 11) is 1.55. The van der Waals surface area contributed by atoms with Gasteiger partial charge in [-0.25, -0.2) is 4.99 Å². The Morgan fingerprint density at radius 3 is 2.82 bits per heavy atom. The van der Waals surface area contributed by atoms with Crippen molar-refractivity contribution < 1.29 is 13.9 Å². The van der Waals surface area contributed by atoms with Gasteiger partial charge in [-0.15, -0.1) is 0 Å². The van der Waals surface area contributed by atoms with Crippen LogP contribution < -0.4 is 15.8 Å². The van der Waals surface area contributed by atoms with Crippen LogP contribution in [0, 0.1) is 0 Å².